The number of hydrogen-bond donors (Lipinski definition) is 2. The normalized spacial score (nSPS) is 11.4. The van der Waals surface area contributed by atoms with Gasteiger partial charge in [-0.05, 0) is 45.8 Å². The molecule has 0 heterocycles. The lowest BCUT2D eigenvalue weighted by atomic mass is 10.2. The fraction of sp³-hybridized carbons (Fsp3) is 0.0769. The minimum Gasteiger partial charge on any atom is -0.392 e. The SMILES string of the molecule is O=S(=O)(Nc1cc(F)ccc1F)c1ccc(CO)cc1Br. The Bertz CT molecular complexity index is 781. The fourth-order valence-electron chi connectivity index (χ4n) is 1.64. The number of hydrogen-bond acceptors (Lipinski definition) is 3. The van der Waals surface area contributed by atoms with E-state index in [2.05, 4.69) is 15.9 Å². The molecule has 8 heteroatoms. The second-order valence-electron chi connectivity index (χ2n) is 4.15. The van der Waals surface area contributed by atoms with Crippen LogP contribution in [0.25, 0.3) is 0 Å². The molecule has 2 aromatic carbocycles. The molecule has 0 saturated carbocycles. The van der Waals surface area contributed by atoms with E-state index in [1.54, 1.807) is 0 Å². The average Bonchev–Trinajstić information content (AvgIpc) is 2.42. The Morgan fingerprint density at radius 2 is 1.86 bits per heavy atom. The van der Waals surface area contributed by atoms with E-state index in [1.165, 1.54) is 18.2 Å². The summed E-state index contributed by atoms with van der Waals surface area (Å²) in [5, 5.41) is 8.98. The van der Waals surface area contributed by atoms with E-state index in [-0.39, 0.29) is 16.0 Å². The molecule has 112 valence electrons. The zero-order valence-electron chi connectivity index (χ0n) is 10.5. The number of anilines is 1. The molecule has 0 aliphatic heterocycles. The highest BCUT2D eigenvalue weighted by Gasteiger charge is 2.20. The quantitative estimate of drug-likeness (QED) is 0.860. The van der Waals surface area contributed by atoms with Crippen molar-refractivity contribution in [1.29, 1.82) is 0 Å². The van der Waals surface area contributed by atoms with Crippen LogP contribution < -0.4 is 4.72 Å². The first kappa shape index (κ1) is 15.9. The van der Waals surface area contributed by atoms with Crippen LogP contribution in [0.2, 0.25) is 0 Å². The number of rotatable bonds is 4. The maximum absolute atomic E-state index is 13.5. The number of aliphatic hydroxyl groups excluding tert-OH is 1. The lowest BCUT2D eigenvalue weighted by Crippen LogP contribution is -2.15. The summed E-state index contributed by atoms with van der Waals surface area (Å²) in [5.74, 6) is -1.65. The van der Waals surface area contributed by atoms with Crippen molar-refractivity contribution in [2.24, 2.45) is 0 Å². The Morgan fingerprint density at radius 3 is 2.48 bits per heavy atom. The molecule has 0 aliphatic carbocycles. The van der Waals surface area contributed by atoms with Crippen molar-refractivity contribution in [3.8, 4) is 0 Å². The topological polar surface area (TPSA) is 66.4 Å². The van der Waals surface area contributed by atoms with Crippen molar-refractivity contribution < 1.29 is 22.3 Å². The second kappa shape index (κ2) is 6.08. The number of sulfonamides is 1. The van der Waals surface area contributed by atoms with Crippen molar-refractivity contribution >= 4 is 31.6 Å². The van der Waals surface area contributed by atoms with Gasteiger partial charge in [0.2, 0.25) is 0 Å². The maximum atomic E-state index is 13.5. The zero-order chi connectivity index (χ0) is 15.6. The molecule has 0 fully saturated rings. The predicted octanol–water partition coefficient (Wildman–Crippen LogP) is 3.02. The molecule has 0 aliphatic rings. The standard InChI is InChI=1S/C13H10BrF2NO3S/c14-10-5-8(7-18)1-4-13(10)21(19,20)17-12-6-9(15)2-3-11(12)16/h1-6,17-18H,7H2. The molecule has 2 N–H and O–H groups in total. The Labute approximate surface area is 128 Å². The number of halogens is 3. The molecule has 0 spiro atoms. The monoisotopic (exact) mass is 377 g/mol. The minimum atomic E-state index is -4.09. The first-order valence-corrected chi connectivity index (χ1v) is 7.98. The van der Waals surface area contributed by atoms with Crippen LogP contribution in [0.4, 0.5) is 14.5 Å². The van der Waals surface area contributed by atoms with Crippen molar-refractivity contribution in [2.75, 3.05) is 4.72 Å². The van der Waals surface area contributed by atoms with Gasteiger partial charge in [-0.2, -0.15) is 0 Å². The van der Waals surface area contributed by atoms with Crippen LogP contribution in [0.5, 0.6) is 0 Å². The van der Waals surface area contributed by atoms with Crippen molar-refractivity contribution in [3.63, 3.8) is 0 Å². The maximum Gasteiger partial charge on any atom is 0.263 e. The first-order valence-electron chi connectivity index (χ1n) is 5.70. The number of benzene rings is 2. The molecule has 0 unspecified atom stereocenters. The molecule has 0 radical (unpaired) electrons. The summed E-state index contributed by atoms with van der Waals surface area (Å²) >= 11 is 3.07. The van der Waals surface area contributed by atoms with Gasteiger partial charge < -0.3 is 5.11 Å². The zero-order valence-corrected chi connectivity index (χ0v) is 12.9. The van der Waals surface area contributed by atoms with Crippen LogP contribution in [0, 0.1) is 11.6 Å². The van der Waals surface area contributed by atoms with Crippen molar-refractivity contribution in [3.05, 3.63) is 58.1 Å². The third-order valence-electron chi connectivity index (χ3n) is 2.64. The van der Waals surface area contributed by atoms with Crippen molar-refractivity contribution in [2.45, 2.75) is 11.5 Å². The summed E-state index contributed by atoms with van der Waals surface area (Å²) in [7, 11) is -4.09. The lowest BCUT2D eigenvalue weighted by molar-refractivity contribution is 0.281. The van der Waals surface area contributed by atoms with Gasteiger partial charge in [-0.25, -0.2) is 17.2 Å². The largest absolute Gasteiger partial charge is 0.392 e. The van der Waals surface area contributed by atoms with E-state index in [0.29, 0.717) is 5.56 Å². The summed E-state index contributed by atoms with van der Waals surface area (Å²) in [6.07, 6.45) is 0. The van der Waals surface area contributed by atoms with Gasteiger partial charge in [-0.15, -0.1) is 0 Å². The highest BCUT2D eigenvalue weighted by atomic mass is 79.9. The van der Waals surface area contributed by atoms with Crippen LogP contribution in [0.15, 0.2) is 45.8 Å². The molecule has 2 aromatic rings. The van der Waals surface area contributed by atoms with Gasteiger partial charge in [-0.1, -0.05) is 6.07 Å². The highest BCUT2D eigenvalue weighted by Crippen LogP contribution is 2.26. The summed E-state index contributed by atoms with van der Waals surface area (Å²) in [6.45, 7) is -0.245. The Morgan fingerprint density at radius 1 is 1.14 bits per heavy atom. The Kier molecular flexibility index (Phi) is 4.60. The summed E-state index contributed by atoms with van der Waals surface area (Å²) in [5.41, 5.74) is 0.0332. The first-order chi connectivity index (χ1) is 9.83. The molecule has 0 atom stereocenters. The molecule has 0 saturated heterocycles. The van der Waals surface area contributed by atoms with Gasteiger partial charge in [-0.3, -0.25) is 4.72 Å². The minimum absolute atomic E-state index is 0.150. The smallest absolute Gasteiger partial charge is 0.263 e. The van der Waals surface area contributed by atoms with E-state index >= 15 is 0 Å². The third-order valence-corrected chi connectivity index (χ3v) is 4.98. The van der Waals surface area contributed by atoms with Crippen molar-refractivity contribution in [1.82, 2.24) is 0 Å². The molecule has 4 nitrogen and oxygen atoms in total. The van der Waals surface area contributed by atoms with Gasteiger partial charge in [0.15, 0.2) is 0 Å². The highest BCUT2D eigenvalue weighted by molar-refractivity contribution is 9.10. The van der Waals surface area contributed by atoms with Gasteiger partial charge in [0.1, 0.15) is 16.5 Å². The number of nitrogens with one attached hydrogen (secondary N) is 1. The second-order valence-corrected chi connectivity index (χ2v) is 6.66. The van der Waals surface area contributed by atoms with Crippen LogP contribution in [-0.2, 0) is 16.6 Å². The summed E-state index contributed by atoms with van der Waals surface area (Å²) in [6, 6.07) is 6.58. The summed E-state index contributed by atoms with van der Waals surface area (Å²) < 4.78 is 53.1. The number of aliphatic hydroxyl groups is 1. The average molecular weight is 378 g/mol. The summed E-state index contributed by atoms with van der Waals surface area (Å²) in [4.78, 5) is -0.150. The van der Waals surface area contributed by atoms with E-state index in [4.69, 9.17) is 5.11 Å². The lowest BCUT2D eigenvalue weighted by Gasteiger charge is -2.11. The van der Waals surface area contributed by atoms with E-state index in [9.17, 15) is 17.2 Å². The van der Waals surface area contributed by atoms with Crippen LogP contribution in [-0.4, -0.2) is 13.5 Å². The van der Waals surface area contributed by atoms with Gasteiger partial charge in [0.25, 0.3) is 10.0 Å². The Hall–Kier alpha value is -1.51. The van der Waals surface area contributed by atoms with Gasteiger partial charge in [0.05, 0.1) is 12.3 Å². The molecule has 0 aromatic heterocycles. The fourth-order valence-corrected chi connectivity index (χ4v) is 3.82. The molecular formula is C13H10BrF2NO3S. The molecule has 21 heavy (non-hydrogen) atoms. The van der Waals surface area contributed by atoms with Crippen LogP contribution in [0.3, 0.4) is 0 Å². The molecule has 2 rings (SSSR count). The van der Waals surface area contributed by atoms with E-state index < -0.39 is 27.3 Å². The van der Waals surface area contributed by atoms with Gasteiger partial charge >= 0.3 is 0 Å². The van der Waals surface area contributed by atoms with E-state index in [0.717, 1.165) is 18.2 Å². The molecule has 0 bridgehead atoms. The van der Waals surface area contributed by atoms with E-state index in [1.807, 2.05) is 4.72 Å². The molecule has 0 amide bonds. The Balaban J connectivity index is 2.41. The molecular weight excluding hydrogens is 368 g/mol. The predicted molar refractivity (Wildman–Crippen MR) is 77.2 cm³/mol. The van der Waals surface area contributed by atoms with Gasteiger partial charge in [0, 0.05) is 10.5 Å². The van der Waals surface area contributed by atoms with Crippen LogP contribution in [0.1, 0.15) is 5.56 Å². The third kappa shape index (κ3) is 3.58. The van der Waals surface area contributed by atoms with Crippen LogP contribution >= 0.6 is 15.9 Å².